The van der Waals surface area contributed by atoms with Crippen molar-refractivity contribution in [3.63, 3.8) is 0 Å². The van der Waals surface area contributed by atoms with Crippen LogP contribution in [-0.4, -0.2) is 76.4 Å². The van der Waals surface area contributed by atoms with Gasteiger partial charge in [0.2, 0.25) is 0 Å². The fourth-order valence-corrected chi connectivity index (χ4v) is 6.58. The minimum absolute atomic E-state index is 0.182. The second kappa shape index (κ2) is 14.2. The van der Waals surface area contributed by atoms with Gasteiger partial charge in [-0.15, -0.1) is 0 Å². The smallest absolute Gasteiger partial charge is 0.336 e. The maximum absolute atomic E-state index is 13.7. The number of hydrazine groups is 1. The highest BCUT2D eigenvalue weighted by molar-refractivity contribution is 6.01. The number of anilines is 1. The Morgan fingerprint density at radius 3 is 1.02 bits per heavy atom. The van der Waals surface area contributed by atoms with Crippen LogP contribution in [0.2, 0.25) is 0 Å². The van der Waals surface area contributed by atoms with E-state index in [2.05, 4.69) is 0 Å². The fraction of sp³-hybridized carbons (Fsp3) is 0.351. The lowest BCUT2D eigenvalue weighted by atomic mass is 9.79. The highest BCUT2D eigenvalue weighted by Crippen LogP contribution is 2.49. The Hall–Kier alpha value is -5.32. The summed E-state index contributed by atoms with van der Waals surface area (Å²) in [5.41, 5.74) is 5.68. The van der Waals surface area contributed by atoms with Crippen molar-refractivity contribution in [3.05, 3.63) is 110 Å². The number of ether oxygens (including phenoxy) is 4. The Morgan fingerprint density at radius 2 is 0.771 bits per heavy atom. The second-order valence-electron chi connectivity index (χ2n) is 11.8. The maximum Gasteiger partial charge on any atom is 0.336 e. The van der Waals surface area contributed by atoms with Crippen LogP contribution in [0, 0.1) is 6.92 Å². The van der Waals surface area contributed by atoms with Gasteiger partial charge in [0.25, 0.3) is 0 Å². The SMILES string of the molecule is COC(=O)C1=C(C)N(N2C(C)=C(C(=O)OC)C(c3ccc(N(C)C)cc3)C(C(=O)OC)=C2C)C(C)=C(C(=O)OC)C1c1ccc(C)cc1. The van der Waals surface area contributed by atoms with Gasteiger partial charge in [0.15, 0.2) is 0 Å². The molecule has 0 bridgehead atoms. The number of hydrogen-bond donors (Lipinski definition) is 0. The van der Waals surface area contributed by atoms with Crippen molar-refractivity contribution < 1.29 is 38.1 Å². The topological polar surface area (TPSA) is 115 Å². The van der Waals surface area contributed by atoms with E-state index in [1.54, 1.807) is 37.7 Å². The molecule has 0 saturated carbocycles. The summed E-state index contributed by atoms with van der Waals surface area (Å²) < 4.78 is 21.2. The summed E-state index contributed by atoms with van der Waals surface area (Å²) in [5, 5.41) is 3.29. The van der Waals surface area contributed by atoms with E-state index in [4.69, 9.17) is 18.9 Å². The normalized spacial score (nSPS) is 16.0. The van der Waals surface area contributed by atoms with E-state index in [-0.39, 0.29) is 22.3 Å². The predicted molar refractivity (Wildman–Crippen MR) is 180 cm³/mol. The van der Waals surface area contributed by atoms with Gasteiger partial charge in [0, 0.05) is 42.6 Å². The van der Waals surface area contributed by atoms with Gasteiger partial charge in [-0.2, -0.15) is 0 Å². The molecule has 0 saturated heterocycles. The summed E-state index contributed by atoms with van der Waals surface area (Å²) in [5.74, 6) is -4.31. The zero-order chi connectivity index (χ0) is 35.6. The van der Waals surface area contributed by atoms with Crippen LogP contribution in [0.5, 0.6) is 0 Å². The number of benzene rings is 2. The molecular weight excluding hydrogens is 614 g/mol. The summed E-state index contributed by atoms with van der Waals surface area (Å²) >= 11 is 0. The Morgan fingerprint density at radius 1 is 0.500 bits per heavy atom. The molecule has 2 aliphatic heterocycles. The average Bonchev–Trinajstić information content (AvgIpc) is 3.08. The Balaban J connectivity index is 2.10. The van der Waals surface area contributed by atoms with Crippen LogP contribution in [0.3, 0.4) is 0 Å². The zero-order valence-electron chi connectivity index (χ0n) is 29.4. The number of carbonyl (C=O) groups is 4. The van der Waals surface area contributed by atoms with Crippen molar-refractivity contribution in [2.24, 2.45) is 0 Å². The number of aryl methyl sites for hydroxylation is 1. The first-order chi connectivity index (χ1) is 22.7. The molecule has 0 aliphatic carbocycles. The van der Waals surface area contributed by atoms with Gasteiger partial charge < -0.3 is 23.8 Å². The predicted octanol–water partition coefficient (Wildman–Crippen LogP) is 5.26. The molecule has 0 fully saturated rings. The number of allylic oxidation sites excluding steroid dienone is 4. The maximum atomic E-state index is 13.7. The van der Waals surface area contributed by atoms with Gasteiger partial charge in [-0.25, -0.2) is 19.2 Å². The number of nitrogens with zero attached hydrogens (tertiary/aromatic N) is 3. The van der Waals surface area contributed by atoms with Crippen molar-refractivity contribution in [1.29, 1.82) is 0 Å². The van der Waals surface area contributed by atoms with Crippen molar-refractivity contribution in [2.45, 2.75) is 46.5 Å². The quantitative estimate of drug-likeness (QED) is 0.274. The van der Waals surface area contributed by atoms with Gasteiger partial charge in [-0.3, -0.25) is 10.0 Å². The molecule has 4 rings (SSSR count). The van der Waals surface area contributed by atoms with Crippen LogP contribution < -0.4 is 4.90 Å². The second-order valence-corrected chi connectivity index (χ2v) is 11.8. The van der Waals surface area contributed by atoms with Crippen molar-refractivity contribution in [3.8, 4) is 0 Å². The molecule has 2 heterocycles. The lowest BCUT2D eigenvalue weighted by Crippen LogP contribution is -2.47. The number of methoxy groups -OCH3 is 4. The van der Waals surface area contributed by atoms with E-state index < -0.39 is 35.7 Å². The Kier molecular flexibility index (Phi) is 10.5. The van der Waals surface area contributed by atoms with E-state index >= 15 is 0 Å². The van der Waals surface area contributed by atoms with Gasteiger partial charge in [-0.05, 0) is 57.9 Å². The van der Waals surface area contributed by atoms with Crippen LogP contribution in [0.4, 0.5) is 5.69 Å². The van der Waals surface area contributed by atoms with Crippen LogP contribution in [0.1, 0.15) is 56.2 Å². The molecule has 0 spiro atoms. The molecule has 0 amide bonds. The monoisotopic (exact) mass is 657 g/mol. The molecule has 11 heteroatoms. The van der Waals surface area contributed by atoms with Crippen LogP contribution in [-0.2, 0) is 38.1 Å². The Bertz CT molecular complexity index is 1680. The van der Waals surface area contributed by atoms with Crippen LogP contribution >= 0.6 is 0 Å². The molecule has 11 nitrogen and oxygen atoms in total. The van der Waals surface area contributed by atoms with Crippen molar-refractivity contribution >= 4 is 29.6 Å². The molecule has 0 unspecified atom stereocenters. The first-order valence-electron chi connectivity index (χ1n) is 15.4. The molecule has 0 aromatic heterocycles. The number of hydrogen-bond acceptors (Lipinski definition) is 11. The third-order valence-electron chi connectivity index (χ3n) is 8.96. The lowest BCUT2D eigenvalue weighted by Gasteiger charge is -2.48. The van der Waals surface area contributed by atoms with Crippen molar-refractivity contribution in [1.82, 2.24) is 10.0 Å². The first-order valence-corrected chi connectivity index (χ1v) is 15.4. The van der Waals surface area contributed by atoms with Gasteiger partial charge in [0.1, 0.15) is 0 Å². The minimum Gasteiger partial charge on any atom is -0.466 e. The molecule has 2 aromatic carbocycles. The first kappa shape index (κ1) is 35.5. The van der Waals surface area contributed by atoms with Gasteiger partial charge in [0.05, 0.1) is 62.6 Å². The summed E-state index contributed by atoms with van der Waals surface area (Å²) in [4.78, 5) is 56.7. The van der Waals surface area contributed by atoms with E-state index in [1.807, 2.05) is 74.4 Å². The average molecular weight is 658 g/mol. The number of esters is 4. The highest BCUT2D eigenvalue weighted by Gasteiger charge is 2.46. The van der Waals surface area contributed by atoms with E-state index in [9.17, 15) is 19.2 Å². The lowest BCUT2D eigenvalue weighted by molar-refractivity contribution is -0.140. The third-order valence-corrected chi connectivity index (χ3v) is 8.96. The molecular formula is C37H43N3O8. The minimum atomic E-state index is -0.851. The molecule has 0 N–H and O–H groups in total. The van der Waals surface area contributed by atoms with Crippen LogP contribution in [0.15, 0.2) is 93.6 Å². The number of rotatable bonds is 8. The standard InChI is InChI=1S/C37H43N3O8/c1-20-12-14-25(15-13-20)32-28(34(41)45-8)21(2)39(22(3)29(32)35(42)46-9)40-23(4)30(36(43)47-10)33(31(24(40)5)37(44)48-11)26-16-18-27(19-17-26)38(6)7/h12-19,32-33H,1-11H3. The van der Waals surface area contributed by atoms with E-state index in [1.165, 1.54) is 28.4 Å². The van der Waals surface area contributed by atoms with E-state index in [0.29, 0.717) is 33.9 Å². The molecule has 2 aliphatic rings. The summed E-state index contributed by atoms with van der Waals surface area (Å²) in [6, 6.07) is 15.0. The molecule has 254 valence electrons. The zero-order valence-corrected chi connectivity index (χ0v) is 29.4. The Labute approximate surface area is 281 Å². The number of carbonyl (C=O) groups excluding carboxylic acids is 4. The van der Waals surface area contributed by atoms with Crippen LogP contribution in [0.25, 0.3) is 0 Å². The third kappa shape index (κ3) is 6.08. The molecule has 0 atom stereocenters. The largest absolute Gasteiger partial charge is 0.466 e. The molecule has 48 heavy (non-hydrogen) atoms. The molecule has 2 aromatic rings. The summed E-state index contributed by atoms with van der Waals surface area (Å²) in [7, 11) is 8.93. The summed E-state index contributed by atoms with van der Waals surface area (Å²) in [6.07, 6.45) is 0. The summed E-state index contributed by atoms with van der Waals surface area (Å²) in [6.45, 7) is 8.86. The van der Waals surface area contributed by atoms with Gasteiger partial charge >= 0.3 is 23.9 Å². The van der Waals surface area contributed by atoms with Gasteiger partial charge in [-0.1, -0.05) is 42.0 Å². The molecule has 0 radical (unpaired) electrons. The fourth-order valence-electron chi connectivity index (χ4n) is 6.58. The highest BCUT2D eigenvalue weighted by atomic mass is 16.5. The van der Waals surface area contributed by atoms with E-state index in [0.717, 1.165) is 11.3 Å². The van der Waals surface area contributed by atoms with Crippen molar-refractivity contribution in [2.75, 3.05) is 47.4 Å².